The Bertz CT molecular complexity index is 920. The van der Waals surface area contributed by atoms with Gasteiger partial charge in [-0.15, -0.1) is 0 Å². The van der Waals surface area contributed by atoms with Crippen LogP contribution in [0, 0.1) is 11.3 Å². The van der Waals surface area contributed by atoms with E-state index >= 15 is 0 Å². The zero-order valence-corrected chi connectivity index (χ0v) is 18.7. The van der Waals surface area contributed by atoms with Crippen molar-refractivity contribution in [2.24, 2.45) is 11.3 Å². The maximum atomic E-state index is 13.7. The van der Waals surface area contributed by atoms with Gasteiger partial charge in [-0.3, -0.25) is 9.69 Å². The largest absolute Gasteiger partial charge is 0.342 e. The SMILES string of the molecule is CC(C)n1cnc([C@@H]2CN(Cc3ccc(Cl)cc3)C[C@]23CCN(CC2CC2)C3=O)c1. The molecule has 1 aromatic carbocycles. The van der Waals surface area contributed by atoms with Gasteiger partial charge in [0, 0.05) is 55.9 Å². The first-order valence-corrected chi connectivity index (χ1v) is 11.6. The van der Waals surface area contributed by atoms with Gasteiger partial charge in [-0.1, -0.05) is 23.7 Å². The molecular formula is C24H31ClN4O. The molecule has 1 aliphatic carbocycles. The molecule has 5 nitrogen and oxygen atoms in total. The number of likely N-dealkylation sites (tertiary alicyclic amines) is 2. The molecule has 0 N–H and O–H groups in total. The van der Waals surface area contributed by atoms with E-state index in [2.05, 4.69) is 46.5 Å². The summed E-state index contributed by atoms with van der Waals surface area (Å²) < 4.78 is 2.16. The molecule has 3 heterocycles. The number of aromatic nitrogens is 2. The third-order valence-electron chi connectivity index (χ3n) is 7.22. The topological polar surface area (TPSA) is 41.4 Å². The van der Waals surface area contributed by atoms with E-state index in [1.807, 2.05) is 18.5 Å². The highest BCUT2D eigenvalue weighted by molar-refractivity contribution is 6.30. The Morgan fingerprint density at radius 3 is 2.67 bits per heavy atom. The monoisotopic (exact) mass is 426 g/mol. The molecule has 2 saturated heterocycles. The van der Waals surface area contributed by atoms with Crippen LogP contribution in [-0.4, -0.2) is 51.4 Å². The summed E-state index contributed by atoms with van der Waals surface area (Å²) in [5, 5.41) is 0.760. The van der Waals surface area contributed by atoms with Crippen molar-refractivity contribution in [1.29, 1.82) is 0 Å². The molecule has 6 heteroatoms. The molecule has 0 bridgehead atoms. The van der Waals surface area contributed by atoms with Crippen LogP contribution in [0.25, 0.3) is 0 Å². The van der Waals surface area contributed by atoms with Crippen molar-refractivity contribution < 1.29 is 4.79 Å². The van der Waals surface area contributed by atoms with Gasteiger partial charge >= 0.3 is 0 Å². The van der Waals surface area contributed by atoms with E-state index in [9.17, 15) is 4.79 Å². The Morgan fingerprint density at radius 1 is 1.23 bits per heavy atom. The molecule has 30 heavy (non-hydrogen) atoms. The summed E-state index contributed by atoms with van der Waals surface area (Å²) in [5.74, 6) is 1.24. The summed E-state index contributed by atoms with van der Waals surface area (Å²) in [7, 11) is 0. The van der Waals surface area contributed by atoms with Crippen molar-refractivity contribution in [1.82, 2.24) is 19.4 Å². The fourth-order valence-corrected chi connectivity index (χ4v) is 5.41. The number of hydrogen-bond donors (Lipinski definition) is 0. The zero-order valence-electron chi connectivity index (χ0n) is 17.9. The van der Waals surface area contributed by atoms with Gasteiger partial charge in [0.1, 0.15) is 0 Å². The minimum atomic E-state index is -0.336. The van der Waals surface area contributed by atoms with Gasteiger partial charge < -0.3 is 9.47 Å². The van der Waals surface area contributed by atoms with Crippen molar-refractivity contribution in [3.8, 4) is 0 Å². The number of imidazole rings is 1. The number of benzene rings is 1. The van der Waals surface area contributed by atoms with Crippen LogP contribution in [-0.2, 0) is 11.3 Å². The fraction of sp³-hybridized carbons (Fsp3) is 0.583. The highest BCUT2D eigenvalue weighted by Gasteiger charge is 2.58. The average Bonchev–Trinajstić information content (AvgIpc) is 3.15. The van der Waals surface area contributed by atoms with Crippen LogP contribution >= 0.6 is 11.6 Å². The molecule has 2 atom stereocenters. The zero-order chi connectivity index (χ0) is 20.9. The van der Waals surface area contributed by atoms with Gasteiger partial charge in [-0.25, -0.2) is 4.98 Å². The Labute approximate surface area is 184 Å². The van der Waals surface area contributed by atoms with E-state index in [1.54, 1.807) is 0 Å². The van der Waals surface area contributed by atoms with Crippen LogP contribution in [0.2, 0.25) is 5.02 Å². The van der Waals surface area contributed by atoms with Gasteiger partial charge in [0.25, 0.3) is 0 Å². The molecule has 0 radical (unpaired) electrons. The van der Waals surface area contributed by atoms with Gasteiger partial charge in [0.15, 0.2) is 0 Å². The average molecular weight is 427 g/mol. The van der Waals surface area contributed by atoms with Crippen molar-refractivity contribution in [2.45, 2.75) is 51.6 Å². The Balaban J connectivity index is 1.42. The van der Waals surface area contributed by atoms with Crippen LogP contribution in [0.15, 0.2) is 36.8 Å². The Kier molecular flexibility index (Phi) is 5.14. The van der Waals surface area contributed by atoms with E-state index in [-0.39, 0.29) is 11.3 Å². The number of carbonyl (C=O) groups is 1. The lowest BCUT2D eigenvalue weighted by molar-refractivity contribution is -0.136. The first-order chi connectivity index (χ1) is 14.4. The second-order valence-electron chi connectivity index (χ2n) is 9.79. The number of halogens is 1. The van der Waals surface area contributed by atoms with Crippen LogP contribution in [0.1, 0.15) is 56.3 Å². The summed E-state index contributed by atoms with van der Waals surface area (Å²) in [6, 6.07) is 8.45. The number of hydrogen-bond acceptors (Lipinski definition) is 3. The summed E-state index contributed by atoms with van der Waals surface area (Å²) in [4.78, 5) is 23.1. The van der Waals surface area contributed by atoms with Crippen LogP contribution < -0.4 is 0 Å². The third-order valence-corrected chi connectivity index (χ3v) is 7.48. The molecule has 3 fully saturated rings. The highest BCUT2D eigenvalue weighted by atomic mass is 35.5. The van der Waals surface area contributed by atoms with Crippen molar-refractivity contribution in [3.05, 3.63) is 53.1 Å². The first-order valence-electron chi connectivity index (χ1n) is 11.2. The molecule has 5 rings (SSSR count). The fourth-order valence-electron chi connectivity index (χ4n) is 5.28. The molecule has 2 aromatic rings. The lowest BCUT2D eigenvalue weighted by Crippen LogP contribution is -2.40. The minimum Gasteiger partial charge on any atom is -0.342 e. The van der Waals surface area contributed by atoms with Crippen molar-refractivity contribution in [2.75, 3.05) is 26.2 Å². The van der Waals surface area contributed by atoms with Gasteiger partial charge in [0.2, 0.25) is 5.91 Å². The highest BCUT2D eigenvalue weighted by Crippen LogP contribution is 2.50. The van der Waals surface area contributed by atoms with Crippen LogP contribution in [0.4, 0.5) is 0 Å². The van der Waals surface area contributed by atoms with Crippen molar-refractivity contribution in [3.63, 3.8) is 0 Å². The summed E-state index contributed by atoms with van der Waals surface area (Å²) in [6.07, 6.45) is 7.59. The number of carbonyl (C=O) groups excluding carboxylic acids is 1. The normalized spacial score (nSPS) is 27.1. The molecule has 160 valence electrons. The number of nitrogens with zero attached hydrogens (tertiary/aromatic N) is 4. The standard InChI is InChI=1S/C24H31ClN4O/c1-17(2)29-14-22(26-16-29)21-13-27(11-18-5-7-20(25)8-6-18)15-24(21)9-10-28(23(24)30)12-19-3-4-19/h5-8,14,16-17,19,21H,3-4,9-13,15H2,1-2H3/t21-,24+/m0/s1. The maximum absolute atomic E-state index is 13.7. The predicted molar refractivity (Wildman–Crippen MR) is 118 cm³/mol. The van der Waals surface area contributed by atoms with Gasteiger partial charge in [-0.2, -0.15) is 0 Å². The van der Waals surface area contributed by atoms with Gasteiger partial charge in [-0.05, 0) is 56.7 Å². The summed E-state index contributed by atoms with van der Waals surface area (Å²) >= 11 is 6.07. The molecule has 1 amide bonds. The van der Waals surface area contributed by atoms with E-state index < -0.39 is 0 Å². The third kappa shape index (κ3) is 3.67. The van der Waals surface area contributed by atoms with E-state index in [0.29, 0.717) is 11.9 Å². The number of rotatable bonds is 6. The predicted octanol–water partition coefficient (Wildman–Crippen LogP) is 4.35. The van der Waals surface area contributed by atoms with E-state index in [0.717, 1.165) is 55.8 Å². The second-order valence-corrected chi connectivity index (χ2v) is 10.2. The minimum absolute atomic E-state index is 0.154. The summed E-state index contributed by atoms with van der Waals surface area (Å²) in [6.45, 7) is 8.71. The van der Waals surface area contributed by atoms with E-state index in [1.165, 1.54) is 18.4 Å². The van der Waals surface area contributed by atoms with Crippen LogP contribution in [0.3, 0.4) is 0 Å². The quantitative estimate of drug-likeness (QED) is 0.689. The first kappa shape index (κ1) is 20.1. The molecule has 1 spiro atoms. The number of amides is 1. The Hall–Kier alpha value is -1.85. The molecule has 0 unspecified atom stereocenters. The molecule has 2 aliphatic heterocycles. The van der Waals surface area contributed by atoms with Gasteiger partial charge in [0.05, 0.1) is 17.4 Å². The molecule has 1 saturated carbocycles. The Morgan fingerprint density at radius 2 is 2.00 bits per heavy atom. The van der Waals surface area contributed by atoms with Crippen LogP contribution in [0.5, 0.6) is 0 Å². The molecular weight excluding hydrogens is 396 g/mol. The summed E-state index contributed by atoms with van der Waals surface area (Å²) in [5.41, 5.74) is 1.98. The lowest BCUT2D eigenvalue weighted by Gasteiger charge is -2.28. The lowest BCUT2D eigenvalue weighted by atomic mass is 9.75. The van der Waals surface area contributed by atoms with Crippen molar-refractivity contribution >= 4 is 17.5 Å². The smallest absolute Gasteiger partial charge is 0.230 e. The molecule has 1 aromatic heterocycles. The molecule has 3 aliphatic rings. The second kappa shape index (κ2) is 7.69. The maximum Gasteiger partial charge on any atom is 0.230 e. The van der Waals surface area contributed by atoms with E-state index in [4.69, 9.17) is 16.6 Å².